The zero-order valence-electron chi connectivity index (χ0n) is 11.9. The maximum Gasteiger partial charge on any atom is 0.254 e. The molecule has 5 heteroatoms. The van der Waals surface area contributed by atoms with Gasteiger partial charge in [0.2, 0.25) is 0 Å². The molecule has 0 saturated heterocycles. The Balaban J connectivity index is 1.97. The molecule has 1 fully saturated rings. The lowest BCUT2D eigenvalue weighted by Gasteiger charge is -2.12. The maximum atomic E-state index is 12.2. The number of amides is 1. The van der Waals surface area contributed by atoms with Gasteiger partial charge in [-0.2, -0.15) is 5.10 Å². The molecule has 2 unspecified atom stereocenters. The van der Waals surface area contributed by atoms with Crippen molar-refractivity contribution in [3.63, 3.8) is 0 Å². The van der Waals surface area contributed by atoms with Crippen LogP contribution in [-0.4, -0.2) is 28.3 Å². The van der Waals surface area contributed by atoms with Crippen LogP contribution in [0.1, 0.15) is 48.7 Å². The van der Waals surface area contributed by atoms with E-state index < -0.39 is 0 Å². The van der Waals surface area contributed by atoms with E-state index in [1.54, 1.807) is 6.20 Å². The second-order valence-electron chi connectivity index (χ2n) is 5.60. The number of hydrogen-bond acceptors (Lipinski definition) is 3. The molecular weight excluding hydrogens is 240 g/mol. The van der Waals surface area contributed by atoms with Crippen molar-refractivity contribution in [1.29, 1.82) is 0 Å². The lowest BCUT2D eigenvalue weighted by molar-refractivity contribution is 0.0936. The van der Waals surface area contributed by atoms with Gasteiger partial charge in [0, 0.05) is 18.3 Å². The van der Waals surface area contributed by atoms with Crippen molar-refractivity contribution in [2.45, 2.75) is 52.1 Å². The molecule has 1 heterocycles. The molecule has 0 bridgehead atoms. The predicted octanol–water partition coefficient (Wildman–Crippen LogP) is 1.46. The van der Waals surface area contributed by atoms with E-state index in [2.05, 4.69) is 17.3 Å². The van der Waals surface area contributed by atoms with Crippen molar-refractivity contribution in [3.8, 4) is 0 Å². The summed E-state index contributed by atoms with van der Waals surface area (Å²) in [4.78, 5) is 12.2. The van der Waals surface area contributed by atoms with Crippen LogP contribution < -0.4 is 11.1 Å². The molecule has 106 valence electrons. The number of nitrogens with two attached hydrogens (primary N) is 1. The van der Waals surface area contributed by atoms with Crippen LogP contribution >= 0.6 is 0 Å². The molecule has 19 heavy (non-hydrogen) atoms. The van der Waals surface area contributed by atoms with Gasteiger partial charge in [-0.1, -0.05) is 6.92 Å². The van der Waals surface area contributed by atoms with Crippen molar-refractivity contribution in [3.05, 3.63) is 17.5 Å². The monoisotopic (exact) mass is 264 g/mol. The highest BCUT2D eigenvalue weighted by molar-refractivity contribution is 5.95. The first kappa shape index (κ1) is 14.1. The zero-order chi connectivity index (χ0) is 13.8. The van der Waals surface area contributed by atoms with E-state index in [4.69, 9.17) is 5.73 Å². The minimum Gasteiger partial charge on any atom is -0.349 e. The van der Waals surface area contributed by atoms with Crippen molar-refractivity contribution in [2.75, 3.05) is 6.54 Å². The number of aryl methyl sites for hydroxylation is 1. The van der Waals surface area contributed by atoms with Gasteiger partial charge in [0.1, 0.15) is 0 Å². The maximum absolute atomic E-state index is 12.2. The summed E-state index contributed by atoms with van der Waals surface area (Å²) in [5.41, 5.74) is 7.11. The fraction of sp³-hybridized carbons (Fsp3) is 0.714. The molecule has 0 radical (unpaired) electrons. The fourth-order valence-electron chi connectivity index (χ4n) is 2.74. The molecule has 0 aromatic carbocycles. The number of carbonyl (C=O) groups is 1. The number of nitrogens with zero attached hydrogens (tertiary/aromatic N) is 2. The van der Waals surface area contributed by atoms with Gasteiger partial charge in [-0.25, -0.2) is 0 Å². The topological polar surface area (TPSA) is 72.9 Å². The molecule has 1 aliphatic rings. The summed E-state index contributed by atoms with van der Waals surface area (Å²) < 4.78 is 1.86. The standard InChI is InChI=1S/C14H24N4O/c1-10-4-5-12(8-10)17-14(19)13-9-16-18(11(13)2)7-3-6-15/h9-10,12H,3-8,15H2,1-2H3,(H,17,19). The Bertz CT molecular complexity index is 441. The van der Waals surface area contributed by atoms with Crippen molar-refractivity contribution in [2.24, 2.45) is 11.7 Å². The smallest absolute Gasteiger partial charge is 0.254 e. The average molecular weight is 264 g/mol. The van der Waals surface area contributed by atoms with Gasteiger partial charge in [-0.3, -0.25) is 9.48 Å². The summed E-state index contributed by atoms with van der Waals surface area (Å²) in [5, 5.41) is 7.38. The first-order chi connectivity index (χ1) is 9.11. The minimum absolute atomic E-state index is 0.00981. The molecule has 3 N–H and O–H groups in total. The molecular formula is C14H24N4O. The molecule has 1 aromatic rings. The highest BCUT2D eigenvalue weighted by Crippen LogP contribution is 2.25. The van der Waals surface area contributed by atoms with E-state index in [1.165, 1.54) is 6.42 Å². The van der Waals surface area contributed by atoms with Crippen LogP contribution in [0, 0.1) is 12.8 Å². The fourth-order valence-corrected chi connectivity index (χ4v) is 2.74. The lowest BCUT2D eigenvalue weighted by atomic mass is 10.1. The van der Waals surface area contributed by atoms with E-state index in [1.807, 2.05) is 11.6 Å². The van der Waals surface area contributed by atoms with Crippen LogP contribution in [-0.2, 0) is 6.54 Å². The SMILES string of the molecule is Cc1c(C(=O)NC2CCC(C)C2)cnn1CCCN. The predicted molar refractivity (Wildman–Crippen MR) is 74.9 cm³/mol. The van der Waals surface area contributed by atoms with Crippen molar-refractivity contribution in [1.82, 2.24) is 15.1 Å². The van der Waals surface area contributed by atoms with E-state index in [-0.39, 0.29) is 5.91 Å². The molecule has 1 aliphatic carbocycles. The number of aromatic nitrogens is 2. The van der Waals surface area contributed by atoms with Gasteiger partial charge >= 0.3 is 0 Å². The first-order valence-electron chi connectivity index (χ1n) is 7.15. The van der Waals surface area contributed by atoms with E-state index in [0.717, 1.165) is 37.4 Å². The van der Waals surface area contributed by atoms with Gasteiger partial charge in [0.05, 0.1) is 11.8 Å². The van der Waals surface area contributed by atoms with Crippen LogP contribution in [0.15, 0.2) is 6.20 Å². The second kappa shape index (κ2) is 6.19. The molecule has 2 rings (SSSR count). The van der Waals surface area contributed by atoms with Crippen LogP contribution in [0.2, 0.25) is 0 Å². The van der Waals surface area contributed by atoms with Crippen LogP contribution in [0.4, 0.5) is 0 Å². The quantitative estimate of drug-likeness (QED) is 0.845. The largest absolute Gasteiger partial charge is 0.349 e. The summed E-state index contributed by atoms with van der Waals surface area (Å²) in [6.07, 6.45) is 5.93. The lowest BCUT2D eigenvalue weighted by Crippen LogP contribution is -2.33. The van der Waals surface area contributed by atoms with E-state index in [9.17, 15) is 4.79 Å². The van der Waals surface area contributed by atoms with E-state index >= 15 is 0 Å². The molecule has 0 spiro atoms. The Kier molecular flexibility index (Phi) is 4.58. The summed E-state index contributed by atoms with van der Waals surface area (Å²) in [6.45, 7) is 5.59. The number of carbonyl (C=O) groups excluding carboxylic acids is 1. The number of rotatable bonds is 5. The zero-order valence-corrected chi connectivity index (χ0v) is 11.9. The van der Waals surface area contributed by atoms with Gasteiger partial charge in [-0.15, -0.1) is 0 Å². The Morgan fingerprint density at radius 3 is 3.00 bits per heavy atom. The van der Waals surface area contributed by atoms with Gasteiger partial charge in [-0.05, 0) is 45.1 Å². The Labute approximate surface area is 114 Å². The highest BCUT2D eigenvalue weighted by atomic mass is 16.1. The van der Waals surface area contributed by atoms with Gasteiger partial charge in [0.15, 0.2) is 0 Å². The Hall–Kier alpha value is -1.36. The first-order valence-corrected chi connectivity index (χ1v) is 7.15. The Morgan fingerprint density at radius 2 is 2.37 bits per heavy atom. The third kappa shape index (κ3) is 3.35. The van der Waals surface area contributed by atoms with Crippen molar-refractivity contribution < 1.29 is 4.79 Å². The highest BCUT2D eigenvalue weighted by Gasteiger charge is 2.24. The molecule has 2 atom stereocenters. The third-order valence-corrected chi connectivity index (χ3v) is 3.95. The molecule has 1 saturated carbocycles. The van der Waals surface area contributed by atoms with Crippen molar-refractivity contribution >= 4 is 5.91 Å². The summed E-state index contributed by atoms with van der Waals surface area (Å²) in [6, 6.07) is 0.328. The van der Waals surface area contributed by atoms with Gasteiger partial charge < -0.3 is 11.1 Å². The number of hydrogen-bond donors (Lipinski definition) is 2. The summed E-state index contributed by atoms with van der Waals surface area (Å²) in [5.74, 6) is 0.731. The average Bonchev–Trinajstić information content (AvgIpc) is 2.93. The summed E-state index contributed by atoms with van der Waals surface area (Å²) >= 11 is 0. The van der Waals surface area contributed by atoms with Crippen LogP contribution in [0.25, 0.3) is 0 Å². The number of nitrogens with one attached hydrogen (secondary N) is 1. The summed E-state index contributed by atoms with van der Waals surface area (Å²) in [7, 11) is 0. The third-order valence-electron chi connectivity index (χ3n) is 3.95. The van der Waals surface area contributed by atoms with Crippen LogP contribution in [0.3, 0.4) is 0 Å². The molecule has 5 nitrogen and oxygen atoms in total. The molecule has 0 aliphatic heterocycles. The molecule has 1 amide bonds. The normalized spacial score (nSPS) is 22.7. The van der Waals surface area contributed by atoms with Crippen LogP contribution in [0.5, 0.6) is 0 Å². The molecule has 1 aromatic heterocycles. The van der Waals surface area contributed by atoms with E-state index in [0.29, 0.717) is 18.2 Å². The van der Waals surface area contributed by atoms with Gasteiger partial charge in [0.25, 0.3) is 5.91 Å². The Morgan fingerprint density at radius 1 is 1.58 bits per heavy atom. The minimum atomic E-state index is 0.00981. The second-order valence-corrected chi connectivity index (χ2v) is 5.60.